The highest BCUT2D eigenvalue weighted by Crippen LogP contribution is 2.35. The van der Waals surface area contributed by atoms with Crippen molar-refractivity contribution in [2.24, 2.45) is 5.92 Å². The normalized spacial score (nSPS) is 24.8. The number of nitrogens with one attached hydrogen (secondary N) is 1. The molecule has 0 saturated heterocycles. The predicted molar refractivity (Wildman–Crippen MR) is 69.8 cm³/mol. The van der Waals surface area contributed by atoms with Gasteiger partial charge in [0.1, 0.15) is 5.82 Å². The predicted octanol–water partition coefficient (Wildman–Crippen LogP) is 2.88. The molecule has 1 N–H and O–H groups in total. The molecule has 3 nitrogen and oxygen atoms in total. The van der Waals surface area contributed by atoms with E-state index in [9.17, 15) is 0 Å². The van der Waals surface area contributed by atoms with Crippen LogP contribution in [-0.2, 0) is 6.54 Å². The molecule has 0 aromatic carbocycles. The Kier molecular flexibility index (Phi) is 4.49. The first-order valence-corrected chi connectivity index (χ1v) is 6.79. The van der Waals surface area contributed by atoms with E-state index in [1.165, 1.54) is 37.7 Å². The molecule has 0 aliphatic heterocycles. The van der Waals surface area contributed by atoms with Gasteiger partial charge in [-0.25, -0.2) is 9.97 Å². The molecular formula is C14H23N3. The van der Waals surface area contributed by atoms with Gasteiger partial charge in [-0.3, -0.25) is 0 Å². The van der Waals surface area contributed by atoms with E-state index < -0.39 is 0 Å². The summed E-state index contributed by atoms with van der Waals surface area (Å²) in [5.41, 5.74) is 1.17. The Balaban J connectivity index is 2.01. The van der Waals surface area contributed by atoms with E-state index in [1.807, 2.05) is 19.4 Å². The minimum atomic E-state index is 0.595. The van der Waals surface area contributed by atoms with Crippen molar-refractivity contribution in [3.05, 3.63) is 23.8 Å². The Bertz CT molecular complexity index is 334. The van der Waals surface area contributed by atoms with Gasteiger partial charge in [-0.15, -0.1) is 0 Å². The summed E-state index contributed by atoms with van der Waals surface area (Å²) in [4.78, 5) is 9.08. The summed E-state index contributed by atoms with van der Waals surface area (Å²) in [7, 11) is 1.95. The lowest BCUT2D eigenvalue weighted by Crippen LogP contribution is -2.16. The smallest absolute Gasteiger partial charge is 0.131 e. The highest BCUT2D eigenvalue weighted by molar-refractivity contribution is 5.08. The van der Waals surface area contributed by atoms with Crippen LogP contribution in [-0.4, -0.2) is 17.0 Å². The fourth-order valence-corrected chi connectivity index (χ4v) is 2.77. The lowest BCUT2D eigenvalue weighted by atomic mass is 9.80. The molecule has 0 amide bonds. The van der Waals surface area contributed by atoms with E-state index in [-0.39, 0.29) is 0 Å². The zero-order valence-corrected chi connectivity index (χ0v) is 10.9. The Morgan fingerprint density at radius 3 is 2.71 bits per heavy atom. The van der Waals surface area contributed by atoms with Crippen LogP contribution in [0, 0.1) is 5.92 Å². The van der Waals surface area contributed by atoms with Gasteiger partial charge in [0.05, 0.1) is 0 Å². The van der Waals surface area contributed by atoms with Gasteiger partial charge in [-0.05, 0) is 25.8 Å². The van der Waals surface area contributed by atoms with E-state index >= 15 is 0 Å². The zero-order valence-electron chi connectivity index (χ0n) is 10.9. The van der Waals surface area contributed by atoms with Crippen molar-refractivity contribution in [3.8, 4) is 0 Å². The molecule has 2 unspecified atom stereocenters. The molecule has 2 atom stereocenters. The third-order valence-corrected chi connectivity index (χ3v) is 3.83. The maximum atomic E-state index is 4.54. The lowest BCUT2D eigenvalue weighted by molar-refractivity contribution is 0.307. The Morgan fingerprint density at radius 2 is 2.06 bits per heavy atom. The summed E-state index contributed by atoms with van der Waals surface area (Å²) in [6, 6.07) is 0. The summed E-state index contributed by atoms with van der Waals surface area (Å²) >= 11 is 0. The van der Waals surface area contributed by atoms with Gasteiger partial charge in [0.25, 0.3) is 0 Å². The average Bonchev–Trinajstić information content (AvgIpc) is 2.40. The van der Waals surface area contributed by atoms with Crippen LogP contribution in [0.3, 0.4) is 0 Å². The fourth-order valence-electron chi connectivity index (χ4n) is 2.77. The molecule has 1 aliphatic rings. The third-order valence-electron chi connectivity index (χ3n) is 3.83. The summed E-state index contributed by atoms with van der Waals surface area (Å²) < 4.78 is 0. The molecule has 1 aliphatic carbocycles. The van der Waals surface area contributed by atoms with Crippen molar-refractivity contribution < 1.29 is 0 Å². The second kappa shape index (κ2) is 6.10. The molecule has 0 spiro atoms. The van der Waals surface area contributed by atoms with Crippen LogP contribution < -0.4 is 5.32 Å². The number of hydrogen-bond acceptors (Lipinski definition) is 3. The summed E-state index contributed by atoms with van der Waals surface area (Å²) in [5.74, 6) is 2.54. The van der Waals surface area contributed by atoms with Gasteiger partial charge in [0.2, 0.25) is 0 Å². The van der Waals surface area contributed by atoms with Gasteiger partial charge in [-0.1, -0.05) is 26.2 Å². The molecule has 0 bridgehead atoms. The molecule has 0 radical (unpaired) electrons. The molecule has 1 fully saturated rings. The highest BCUT2D eigenvalue weighted by atomic mass is 14.9. The number of aromatic nitrogens is 2. The number of nitrogens with zero attached hydrogens (tertiary/aromatic N) is 2. The van der Waals surface area contributed by atoms with Crippen LogP contribution in [0.4, 0.5) is 0 Å². The monoisotopic (exact) mass is 233 g/mol. The lowest BCUT2D eigenvalue weighted by Gasteiger charge is -2.27. The zero-order chi connectivity index (χ0) is 12.1. The van der Waals surface area contributed by atoms with Crippen molar-refractivity contribution in [2.75, 3.05) is 7.05 Å². The minimum absolute atomic E-state index is 0.595. The Morgan fingerprint density at radius 1 is 1.29 bits per heavy atom. The summed E-state index contributed by atoms with van der Waals surface area (Å²) in [5, 5.41) is 3.12. The van der Waals surface area contributed by atoms with Crippen LogP contribution in [0.1, 0.15) is 56.3 Å². The average molecular weight is 233 g/mol. The first kappa shape index (κ1) is 12.5. The Labute approximate surface area is 104 Å². The molecule has 1 aromatic rings. The first-order valence-electron chi connectivity index (χ1n) is 6.79. The van der Waals surface area contributed by atoms with Gasteiger partial charge in [0.15, 0.2) is 0 Å². The molecule has 1 saturated carbocycles. The molecular weight excluding hydrogens is 210 g/mol. The molecule has 2 rings (SSSR count). The standard InChI is InChI=1S/C14H23N3/c1-3-11-5-4-6-13(7-11)14-16-9-12(8-15-2)10-17-14/h9-11,13,15H,3-8H2,1-2H3. The van der Waals surface area contributed by atoms with Gasteiger partial charge < -0.3 is 5.32 Å². The van der Waals surface area contributed by atoms with Crippen LogP contribution in [0.5, 0.6) is 0 Å². The van der Waals surface area contributed by atoms with Crippen LogP contribution in [0.15, 0.2) is 12.4 Å². The molecule has 3 heteroatoms. The Hall–Kier alpha value is -0.960. The largest absolute Gasteiger partial charge is 0.316 e. The van der Waals surface area contributed by atoms with Gasteiger partial charge in [-0.2, -0.15) is 0 Å². The van der Waals surface area contributed by atoms with Crippen molar-refractivity contribution in [3.63, 3.8) is 0 Å². The van der Waals surface area contributed by atoms with Crippen LogP contribution in [0.2, 0.25) is 0 Å². The van der Waals surface area contributed by atoms with Crippen LogP contribution >= 0.6 is 0 Å². The van der Waals surface area contributed by atoms with Crippen molar-refractivity contribution in [1.29, 1.82) is 0 Å². The maximum Gasteiger partial charge on any atom is 0.131 e. The first-order chi connectivity index (χ1) is 8.33. The van der Waals surface area contributed by atoms with E-state index in [1.54, 1.807) is 0 Å². The maximum absolute atomic E-state index is 4.54. The van der Waals surface area contributed by atoms with E-state index in [2.05, 4.69) is 22.2 Å². The second-order valence-electron chi connectivity index (χ2n) is 5.12. The van der Waals surface area contributed by atoms with Crippen molar-refractivity contribution in [1.82, 2.24) is 15.3 Å². The minimum Gasteiger partial charge on any atom is -0.316 e. The number of rotatable bonds is 4. The van der Waals surface area contributed by atoms with Gasteiger partial charge in [0, 0.05) is 30.4 Å². The quantitative estimate of drug-likeness (QED) is 0.869. The topological polar surface area (TPSA) is 37.8 Å². The SMILES string of the molecule is CCC1CCCC(c2ncc(CNC)cn2)C1. The molecule has 1 aromatic heterocycles. The van der Waals surface area contributed by atoms with Crippen molar-refractivity contribution >= 4 is 0 Å². The number of hydrogen-bond donors (Lipinski definition) is 1. The van der Waals surface area contributed by atoms with E-state index in [0.29, 0.717) is 5.92 Å². The molecule has 94 valence electrons. The summed E-state index contributed by atoms with van der Waals surface area (Å²) in [6.45, 7) is 3.15. The van der Waals surface area contributed by atoms with E-state index in [4.69, 9.17) is 0 Å². The van der Waals surface area contributed by atoms with Gasteiger partial charge >= 0.3 is 0 Å². The molecule has 17 heavy (non-hydrogen) atoms. The molecule has 1 heterocycles. The van der Waals surface area contributed by atoms with Crippen molar-refractivity contribution in [2.45, 2.75) is 51.5 Å². The fraction of sp³-hybridized carbons (Fsp3) is 0.714. The highest BCUT2D eigenvalue weighted by Gasteiger charge is 2.23. The van der Waals surface area contributed by atoms with Crippen LogP contribution in [0.25, 0.3) is 0 Å². The van der Waals surface area contributed by atoms with E-state index in [0.717, 1.165) is 18.3 Å². The second-order valence-corrected chi connectivity index (χ2v) is 5.12. The third kappa shape index (κ3) is 3.25. The summed E-state index contributed by atoms with van der Waals surface area (Å²) in [6.07, 6.45) is 10.5.